The molecule has 0 aromatic heterocycles. The van der Waals surface area contributed by atoms with E-state index in [0.717, 1.165) is 39.1 Å². The number of rotatable bonds is 1. The first-order valence-corrected chi connectivity index (χ1v) is 9.35. The van der Waals surface area contributed by atoms with E-state index < -0.39 is 0 Å². The summed E-state index contributed by atoms with van der Waals surface area (Å²) in [6.45, 7) is -0.253. The molecule has 0 saturated heterocycles. The van der Waals surface area contributed by atoms with Gasteiger partial charge in [-0.05, 0) is 47.4 Å². The van der Waals surface area contributed by atoms with Crippen molar-refractivity contribution in [2.45, 2.75) is 0 Å². The number of nitrogens with zero attached hydrogens (tertiary/aromatic N) is 1. The van der Waals surface area contributed by atoms with E-state index in [4.69, 9.17) is 4.65 Å². The van der Waals surface area contributed by atoms with E-state index in [1.54, 1.807) is 0 Å². The molecule has 0 spiro atoms. The summed E-state index contributed by atoms with van der Waals surface area (Å²) in [6, 6.07) is 29.7. The Morgan fingerprint density at radius 1 is 0.714 bits per heavy atom. The van der Waals surface area contributed by atoms with Gasteiger partial charge in [-0.15, -0.1) is 0 Å². The molecule has 2 nitrogen and oxygen atoms in total. The van der Waals surface area contributed by atoms with Crippen LogP contribution in [0.15, 0.2) is 91.0 Å². The van der Waals surface area contributed by atoms with Crippen LogP contribution < -0.4 is 20.5 Å². The Labute approximate surface area is 162 Å². The molecule has 0 bridgehead atoms. The lowest BCUT2D eigenvalue weighted by Crippen LogP contribution is -2.56. The molecule has 2 heterocycles. The summed E-state index contributed by atoms with van der Waals surface area (Å²) in [5, 5.41) is 0. The molecule has 6 rings (SSSR count). The fraction of sp³-hybridized carbons (Fsp3) is 0. The summed E-state index contributed by atoms with van der Waals surface area (Å²) < 4.78 is 20.3. The Morgan fingerprint density at radius 3 is 2.39 bits per heavy atom. The lowest BCUT2D eigenvalue weighted by atomic mass is 9.49. The third kappa shape index (κ3) is 2.09. The summed E-state index contributed by atoms with van der Waals surface area (Å²) in [4.78, 5) is 2.28. The van der Waals surface area contributed by atoms with Crippen LogP contribution >= 0.6 is 0 Å². The standard InChI is InChI=1S/C24H15BFNO/c26-16-13-14-18-19-9-6-12-22-24(19)25(28-23(18)15-16)20-10-4-5-11-21(20)27(22)17-7-2-1-3-8-17/h1-15H. The normalized spacial score (nSPS) is 13.3. The van der Waals surface area contributed by atoms with Crippen LogP contribution in [0.25, 0.3) is 11.1 Å². The minimum atomic E-state index is -0.284. The van der Waals surface area contributed by atoms with E-state index >= 15 is 0 Å². The average Bonchev–Trinajstić information content (AvgIpc) is 2.74. The molecular formula is C24H15BFNO. The van der Waals surface area contributed by atoms with E-state index in [9.17, 15) is 4.39 Å². The molecule has 0 N–H and O–H groups in total. The van der Waals surface area contributed by atoms with Gasteiger partial charge in [-0.3, -0.25) is 0 Å². The molecule has 0 fully saturated rings. The zero-order valence-corrected chi connectivity index (χ0v) is 15.0. The second-order valence-electron chi connectivity index (χ2n) is 7.11. The lowest BCUT2D eigenvalue weighted by Gasteiger charge is -2.39. The molecule has 4 aromatic rings. The molecule has 132 valence electrons. The fourth-order valence-electron chi connectivity index (χ4n) is 4.38. The van der Waals surface area contributed by atoms with Gasteiger partial charge < -0.3 is 9.55 Å². The zero-order chi connectivity index (χ0) is 18.7. The van der Waals surface area contributed by atoms with Gasteiger partial charge >= 0.3 is 6.92 Å². The van der Waals surface area contributed by atoms with Gasteiger partial charge in [0.25, 0.3) is 0 Å². The van der Waals surface area contributed by atoms with Gasteiger partial charge in [-0.2, -0.15) is 0 Å². The van der Waals surface area contributed by atoms with Crippen molar-refractivity contribution >= 4 is 34.9 Å². The van der Waals surface area contributed by atoms with Crippen molar-refractivity contribution < 1.29 is 9.04 Å². The van der Waals surface area contributed by atoms with Gasteiger partial charge in [0.1, 0.15) is 11.6 Å². The number of para-hydroxylation sites is 2. The monoisotopic (exact) mass is 363 g/mol. The van der Waals surface area contributed by atoms with Gasteiger partial charge in [0.05, 0.1) is 0 Å². The molecule has 0 radical (unpaired) electrons. The minimum Gasteiger partial charge on any atom is -0.551 e. The van der Waals surface area contributed by atoms with Gasteiger partial charge in [-0.1, -0.05) is 48.5 Å². The second kappa shape index (κ2) is 5.73. The summed E-state index contributed by atoms with van der Waals surface area (Å²) in [6.07, 6.45) is 0. The Bertz CT molecular complexity index is 1220. The maximum absolute atomic E-state index is 13.9. The van der Waals surface area contributed by atoms with E-state index in [-0.39, 0.29) is 12.7 Å². The van der Waals surface area contributed by atoms with E-state index in [2.05, 4.69) is 47.4 Å². The first-order valence-electron chi connectivity index (χ1n) is 9.35. The Morgan fingerprint density at radius 2 is 1.50 bits per heavy atom. The van der Waals surface area contributed by atoms with E-state index in [0.29, 0.717) is 5.75 Å². The third-order valence-electron chi connectivity index (χ3n) is 5.54. The molecule has 0 aliphatic carbocycles. The van der Waals surface area contributed by atoms with Crippen LogP contribution in [0.4, 0.5) is 21.5 Å². The largest absolute Gasteiger partial charge is 0.551 e. The minimum absolute atomic E-state index is 0.253. The van der Waals surface area contributed by atoms with Gasteiger partial charge in [0.15, 0.2) is 0 Å². The fourth-order valence-corrected chi connectivity index (χ4v) is 4.38. The lowest BCUT2D eigenvalue weighted by molar-refractivity contribution is 0.570. The van der Waals surface area contributed by atoms with Crippen molar-refractivity contribution in [2.75, 3.05) is 4.90 Å². The number of benzene rings is 4. The summed E-state index contributed by atoms with van der Waals surface area (Å²) in [5.74, 6) is 0.311. The van der Waals surface area contributed by atoms with E-state index in [1.807, 2.05) is 36.4 Å². The Balaban J connectivity index is 1.69. The summed E-state index contributed by atoms with van der Waals surface area (Å²) in [7, 11) is 0. The number of fused-ring (bicyclic) bond motifs is 4. The van der Waals surface area contributed by atoms with Crippen LogP contribution in [0.5, 0.6) is 5.75 Å². The number of hydrogen-bond donors (Lipinski definition) is 0. The topological polar surface area (TPSA) is 12.5 Å². The van der Waals surface area contributed by atoms with Gasteiger partial charge in [0.2, 0.25) is 0 Å². The molecular weight excluding hydrogens is 348 g/mol. The van der Waals surface area contributed by atoms with Crippen LogP contribution in [0.1, 0.15) is 0 Å². The van der Waals surface area contributed by atoms with Crippen LogP contribution in [0.2, 0.25) is 0 Å². The van der Waals surface area contributed by atoms with Gasteiger partial charge in [0, 0.05) is 34.2 Å². The molecule has 0 atom stereocenters. The maximum Gasteiger partial charge on any atom is 0.431 e. The Hall–Kier alpha value is -3.53. The first-order chi connectivity index (χ1) is 13.8. The predicted molar refractivity (Wildman–Crippen MR) is 112 cm³/mol. The zero-order valence-electron chi connectivity index (χ0n) is 15.0. The Kier molecular flexibility index (Phi) is 3.18. The van der Waals surface area contributed by atoms with Crippen LogP contribution in [-0.2, 0) is 0 Å². The van der Waals surface area contributed by atoms with Gasteiger partial charge in [-0.25, -0.2) is 4.39 Å². The first kappa shape index (κ1) is 15.5. The molecule has 2 aliphatic rings. The molecule has 2 aliphatic heterocycles. The molecule has 0 saturated carbocycles. The number of anilines is 3. The maximum atomic E-state index is 13.9. The highest BCUT2D eigenvalue weighted by Gasteiger charge is 2.41. The van der Waals surface area contributed by atoms with Crippen molar-refractivity contribution in [3.8, 4) is 16.9 Å². The van der Waals surface area contributed by atoms with Crippen molar-refractivity contribution in [3.05, 3.63) is 96.8 Å². The smallest absolute Gasteiger partial charge is 0.431 e. The van der Waals surface area contributed by atoms with Crippen LogP contribution in [0.3, 0.4) is 0 Å². The van der Waals surface area contributed by atoms with Crippen LogP contribution in [-0.4, -0.2) is 6.92 Å². The summed E-state index contributed by atoms with van der Waals surface area (Å²) >= 11 is 0. The SMILES string of the molecule is Fc1ccc2c(c1)OB1c3ccccc3N(c3ccccc3)c3cccc-2c31. The molecule has 4 aromatic carbocycles. The highest BCUT2D eigenvalue weighted by molar-refractivity contribution is 6.85. The molecule has 28 heavy (non-hydrogen) atoms. The number of halogens is 1. The third-order valence-corrected chi connectivity index (χ3v) is 5.54. The van der Waals surface area contributed by atoms with Crippen molar-refractivity contribution in [1.82, 2.24) is 0 Å². The highest BCUT2D eigenvalue weighted by Crippen LogP contribution is 2.42. The van der Waals surface area contributed by atoms with Crippen LogP contribution in [0, 0.1) is 5.82 Å². The molecule has 0 amide bonds. The quantitative estimate of drug-likeness (QED) is 0.452. The average molecular weight is 363 g/mol. The van der Waals surface area contributed by atoms with E-state index in [1.165, 1.54) is 12.1 Å². The molecule has 4 heteroatoms. The number of hydrogen-bond acceptors (Lipinski definition) is 2. The predicted octanol–water partition coefficient (Wildman–Crippen LogP) is 4.77. The second-order valence-corrected chi connectivity index (χ2v) is 7.11. The molecule has 0 unspecified atom stereocenters. The van der Waals surface area contributed by atoms with Crippen molar-refractivity contribution in [1.29, 1.82) is 0 Å². The summed E-state index contributed by atoms with van der Waals surface area (Å²) in [5.41, 5.74) is 7.53. The van der Waals surface area contributed by atoms with Crippen molar-refractivity contribution in [3.63, 3.8) is 0 Å². The highest BCUT2D eigenvalue weighted by atomic mass is 19.1. The van der Waals surface area contributed by atoms with Crippen molar-refractivity contribution in [2.24, 2.45) is 0 Å².